The third-order valence-electron chi connectivity index (χ3n) is 3.56. The van der Waals surface area contributed by atoms with Crippen LogP contribution in [-0.2, 0) is 14.9 Å². The minimum atomic E-state index is -0.937. The van der Waals surface area contributed by atoms with Crippen LogP contribution >= 0.6 is 0 Å². The number of rotatable bonds is 4. The lowest BCUT2D eigenvalue weighted by Gasteiger charge is -2.46. The third-order valence-corrected chi connectivity index (χ3v) is 3.56. The fourth-order valence-electron chi connectivity index (χ4n) is 2.25. The number of ether oxygens (including phenoxy) is 1. The van der Waals surface area contributed by atoms with Crippen molar-refractivity contribution in [3.8, 4) is 0 Å². The molecule has 1 aliphatic heterocycles. The van der Waals surface area contributed by atoms with E-state index in [1.54, 1.807) is 19.1 Å². The van der Waals surface area contributed by atoms with Crippen LogP contribution in [0, 0.1) is 12.7 Å². The minimum Gasteiger partial charge on any atom is -0.481 e. The van der Waals surface area contributed by atoms with Crippen molar-refractivity contribution in [1.29, 1.82) is 0 Å². The van der Waals surface area contributed by atoms with Crippen molar-refractivity contribution >= 4 is 5.97 Å². The van der Waals surface area contributed by atoms with E-state index in [0.29, 0.717) is 18.8 Å². The molecule has 1 unspecified atom stereocenters. The molecule has 4 nitrogen and oxygen atoms in total. The molecular formula is C13H16FNO3. The summed E-state index contributed by atoms with van der Waals surface area (Å²) in [7, 11) is 0. The Kier molecular flexibility index (Phi) is 3.36. The largest absolute Gasteiger partial charge is 0.481 e. The zero-order valence-electron chi connectivity index (χ0n) is 10.1. The average molecular weight is 253 g/mol. The molecule has 0 spiro atoms. The molecule has 3 N–H and O–H groups in total. The standard InChI is InChI=1S/C13H16FNO3/c1-8-4-9(2-3-10(8)14)13(6-18-7-13)11(15)5-12(16)17/h2-4,11H,5-7,15H2,1H3,(H,16,17). The van der Waals surface area contributed by atoms with Crippen LogP contribution < -0.4 is 5.73 Å². The van der Waals surface area contributed by atoms with Gasteiger partial charge in [-0.3, -0.25) is 4.79 Å². The lowest BCUT2D eigenvalue weighted by molar-refractivity contribution is -0.140. The molecule has 0 aromatic heterocycles. The van der Waals surface area contributed by atoms with Crippen molar-refractivity contribution in [2.24, 2.45) is 5.73 Å². The summed E-state index contributed by atoms with van der Waals surface area (Å²) in [5.74, 6) is -1.21. The smallest absolute Gasteiger partial charge is 0.304 e. The number of hydrogen-bond donors (Lipinski definition) is 2. The number of carboxylic acids is 1. The summed E-state index contributed by atoms with van der Waals surface area (Å²) in [6.45, 7) is 2.44. The Bertz CT molecular complexity index is 471. The number of aliphatic carboxylic acids is 1. The number of carbonyl (C=O) groups is 1. The van der Waals surface area contributed by atoms with Gasteiger partial charge in [0.1, 0.15) is 5.82 Å². The second-order valence-corrected chi connectivity index (χ2v) is 4.82. The van der Waals surface area contributed by atoms with Crippen LogP contribution in [-0.4, -0.2) is 30.3 Å². The topological polar surface area (TPSA) is 72.6 Å². The zero-order valence-corrected chi connectivity index (χ0v) is 10.1. The van der Waals surface area contributed by atoms with E-state index < -0.39 is 17.4 Å². The second-order valence-electron chi connectivity index (χ2n) is 4.82. The summed E-state index contributed by atoms with van der Waals surface area (Å²) in [4.78, 5) is 10.8. The summed E-state index contributed by atoms with van der Waals surface area (Å²) in [5.41, 5.74) is 6.85. The van der Waals surface area contributed by atoms with Gasteiger partial charge in [0.25, 0.3) is 0 Å². The highest BCUT2D eigenvalue weighted by molar-refractivity contribution is 5.68. The second kappa shape index (κ2) is 4.66. The summed E-state index contributed by atoms with van der Waals surface area (Å²) >= 11 is 0. The highest BCUT2D eigenvalue weighted by Crippen LogP contribution is 2.36. The highest BCUT2D eigenvalue weighted by atomic mass is 19.1. The normalized spacial score (nSPS) is 19.1. The Balaban J connectivity index is 2.31. The SMILES string of the molecule is Cc1cc(C2(C(N)CC(=O)O)COC2)ccc1F. The molecule has 98 valence electrons. The zero-order chi connectivity index (χ0) is 13.3. The predicted octanol–water partition coefficient (Wildman–Crippen LogP) is 1.20. The maximum atomic E-state index is 13.3. The van der Waals surface area contributed by atoms with E-state index in [-0.39, 0.29) is 12.2 Å². The maximum Gasteiger partial charge on any atom is 0.304 e. The van der Waals surface area contributed by atoms with Gasteiger partial charge in [0.2, 0.25) is 0 Å². The van der Waals surface area contributed by atoms with Crippen LogP contribution in [0.15, 0.2) is 18.2 Å². The Morgan fingerprint density at radius 3 is 2.72 bits per heavy atom. The molecule has 2 rings (SSSR count). The van der Waals surface area contributed by atoms with E-state index in [1.807, 2.05) is 0 Å². The van der Waals surface area contributed by atoms with Gasteiger partial charge in [0, 0.05) is 6.04 Å². The number of halogens is 1. The van der Waals surface area contributed by atoms with E-state index in [1.165, 1.54) is 6.07 Å². The number of benzene rings is 1. The van der Waals surface area contributed by atoms with E-state index in [9.17, 15) is 9.18 Å². The molecule has 1 saturated heterocycles. The van der Waals surface area contributed by atoms with Crippen molar-refractivity contribution < 1.29 is 19.0 Å². The highest BCUT2D eigenvalue weighted by Gasteiger charge is 2.46. The first kappa shape index (κ1) is 13.0. The Hall–Kier alpha value is -1.46. The summed E-state index contributed by atoms with van der Waals surface area (Å²) in [5, 5.41) is 8.83. The third kappa shape index (κ3) is 2.11. The van der Waals surface area contributed by atoms with Crippen molar-refractivity contribution in [2.45, 2.75) is 24.8 Å². The molecule has 1 aromatic rings. The molecule has 0 bridgehead atoms. The number of carboxylic acid groups (broad SMARTS) is 1. The van der Waals surface area contributed by atoms with Crippen molar-refractivity contribution in [3.63, 3.8) is 0 Å². The van der Waals surface area contributed by atoms with Gasteiger partial charge >= 0.3 is 5.97 Å². The van der Waals surface area contributed by atoms with E-state index >= 15 is 0 Å². The number of aryl methyl sites for hydroxylation is 1. The van der Waals surface area contributed by atoms with E-state index in [4.69, 9.17) is 15.6 Å². The van der Waals surface area contributed by atoms with Crippen LogP contribution in [0.4, 0.5) is 4.39 Å². The maximum absolute atomic E-state index is 13.3. The average Bonchev–Trinajstić information content (AvgIpc) is 2.20. The van der Waals surface area contributed by atoms with Gasteiger partial charge in [-0.15, -0.1) is 0 Å². The first-order chi connectivity index (χ1) is 8.45. The molecule has 1 heterocycles. The molecule has 0 saturated carbocycles. The van der Waals surface area contributed by atoms with Crippen LogP contribution in [0.1, 0.15) is 17.5 Å². The van der Waals surface area contributed by atoms with Crippen LogP contribution in [0.3, 0.4) is 0 Å². The molecule has 1 aliphatic rings. The fourth-order valence-corrected chi connectivity index (χ4v) is 2.25. The lowest BCUT2D eigenvalue weighted by atomic mass is 9.71. The van der Waals surface area contributed by atoms with Gasteiger partial charge in [-0.25, -0.2) is 4.39 Å². The number of nitrogens with two attached hydrogens (primary N) is 1. The van der Waals surface area contributed by atoms with Crippen molar-refractivity contribution in [2.75, 3.05) is 13.2 Å². The molecule has 0 radical (unpaired) electrons. The lowest BCUT2D eigenvalue weighted by Crippen LogP contribution is -2.59. The van der Waals surface area contributed by atoms with Crippen LogP contribution in [0.5, 0.6) is 0 Å². The van der Waals surface area contributed by atoms with E-state index in [2.05, 4.69) is 0 Å². The molecule has 18 heavy (non-hydrogen) atoms. The summed E-state index contributed by atoms with van der Waals surface area (Å²) in [6, 6.07) is 4.23. The first-order valence-electron chi connectivity index (χ1n) is 5.77. The van der Waals surface area contributed by atoms with Gasteiger partial charge in [0.05, 0.1) is 25.0 Å². The monoisotopic (exact) mass is 253 g/mol. The summed E-state index contributed by atoms with van der Waals surface area (Å²) in [6.07, 6.45) is -0.125. The molecule has 1 aromatic carbocycles. The first-order valence-corrected chi connectivity index (χ1v) is 5.77. The molecular weight excluding hydrogens is 237 g/mol. The van der Waals surface area contributed by atoms with Gasteiger partial charge in [-0.05, 0) is 24.1 Å². The van der Waals surface area contributed by atoms with Gasteiger partial charge in [0.15, 0.2) is 0 Å². The molecule has 5 heteroatoms. The Morgan fingerprint density at radius 1 is 1.61 bits per heavy atom. The Morgan fingerprint density at radius 2 is 2.28 bits per heavy atom. The molecule has 0 amide bonds. The van der Waals surface area contributed by atoms with Crippen LogP contribution in [0.2, 0.25) is 0 Å². The van der Waals surface area contributed by atoms with Gasteiger partial charge in [-0.2, -0.15) is 0 Å². The van der Waals surface area contributed by atoms with Crippen molar-refractivity contribution in [3.05, 3.63) is 35.1 Å². The molecule has 0 aliphatic carbocycles. The fraction of sp³-hybridized carbons (Fsp3) is 0.462. The van der Waals surface area contributed by atoms with Gasteiger partial charge < -0.3 is 15.6 Å². The minimum absolute atomic E-state index is 0.125. The van der Waals surface area contributed by atoms with E-state index in [0.717, 1.165) is 5.56 Å². The molecule has 1 fully saturated rings. The quantitative estimate of drug-likeness (QED) is 0.845. The predicted molar refractivity (Wildman–Crippen MR) is 63.9 cm³/mol. The molecule has 1 atom stereocenters. The van der Waals surface area contributed by atoms with Gasteiger partial charge in [-0.1, -0.05) is 12.1 Å². The van der Waals surface area contributed by atoms with Crippen molar-refractivity contribution in [1.82, 2.24) is 0 Å². The summed E-state index contributed by atoms with van der Waals surface area (Å²) < 4.78 is 18.5. The Labute approximate surface area is 105 Å². The number of hydrogen-bond acceptors (Lipinski definition) is 3. The van der Waals surface area contributed by atoms with Crippen LogP contribution in [0.25, 0.3) is 0 Å².